The molecule has 0 radical (unpaired) electrons. The minimum Gasteiger partial charge on any atom is -0.454 e. The first-order valence-corrected chi connectivity index (χ1v) is 8.36. The molecule has 1 aliphatic rings. The van der Waals surface area contributed by atoms with Crippen molar-refractivity contribution in [2.45, 2.75) is 32.3 Å². The Morgan fingerprint density at radius 2 is 2.09 bits per heavy atom. The van der Waals surface area contributed by atoms with E-state index in [-0.39, 0.29) is 18.5 Å². The highest BCUT2D eigenvalue weighted by Crippen LogP contribution is 2.30. The highest BCUT2D eigenvalue weighted by Gasteiger charge is 2.21. The molecule has 0 bridgehead atoms. The van der Waals surface area contributed by atoms with E-state index in [1.807, 2.05) is 19.5 Å². The van der Waals surface area contributed by atoms with Gasteiger partial charge in [-0.15, -0.1) is 11.3 Å². The number of aromatic nitrogens is 3. The highest BCUT2D eigenvalue weighted by atomic mass is 32.1. The van der Waals surface area contributed by atoms with Gasteiger partial charge in [0.05, 0.1) is 5.56 Å². The number of carbonyl (C=O) groups is 1. The van der Waals surface area contributed by atoms with Gasteiger partial charge in [0.1, 0.15) is 0 Å². The Kier molecular flexibility index (Phi) is 4.42. The first-order chi connectivity index (χ1) is 11.0. The van der Waals surface area contributed by atoms with Crippen molar-refractivity contribution >= 4 is 29.2 Å². The van der Waals surface area contributed by atoms with Crippen molar-refractivity contribution in [3.63, 3.8) is 0 Å². The molecule has 2 aromatic rings. The molecule has 3 rings (SSSR count). The quantitative estimate of drug-likeness (QED) is 0.853. The number of carbonyl (C=O) groups excluding carboxylic acids is 1. The lowest BCUT2D eigenvalue weighted by Gasteiger charge is -2.13. The van der Waals surface area contributed by atoms with Crippen molar-refractivity contribution < 1.29 is 9.53 Å². The maximum atomic E-state index is 12.3. The van der Waals surface area contributed by atoms with Crippen LogP contribution in [0, 0.1) is 0 Å². The summed E-state index contributed by atoms with van der Waals surface area (Å²) in [6.45, 7) is -0.0169. The summed E-state index contributed by atoms with van der Waals surface area (Å²) < 4.78 is 5.37. The summed E-state index contributed by atoms with van der Waals surface area (Å²) in [6.07, 6.45) is 4.33. The normalized spacial score (nSPS) is 13.5. The lowest BCUT2D eigenvalue weighted by Crippen LogP contribution is -2.17. The van der Waals surface area contributed by atoms with Crippen LogP contribution in [0.15, 0.2) is 5.38 Å². The van der Waals surface area contributed by atoms with Crippen molar-refractivity contribution in [1.82, 2.24) is 15.0 Å². The molecular weight excluding hydrogens is 314 g/mol. The van der Waals surface area contributed by atoms with Gasteiger partial charge in [-0.3, -0.25) is 0 Å². The molecule has 0 saturated heterocycles. The predicted molar refractivity (Wildman–Crippen MR) is 88.6 cm³/mol. The number of esters is 1. The van der Waals surface area contributed by atoms with Gasteiger partial charge in [0.15, 0.2) is 12.4 Å². The van der Waals surface area contributed by atoms with Gasteiger partial charge in [-0.2, -0.15) is 15.0 Å². The monoisotopic (exact) mass is 333 g/mol. The molecule has 0 amide bonds. The second-order valence-corrected chi connectivity index (χ2v) is 6.60. The lowest BCUT2D eigenvalue weighted by molar-refractivity contribution is 0.0461. The van der Waals surface area contributed by atoms with E-state index in [1.165, 1.54) is 11.3 Å². The van der Waals surface area contributed by atoms with Crippen LogP contribution in [0.2, 0.25) is 0 Å². The first-order valence-electron chi connectivity index (χ1n) is 7.48. The van der Waals surface area contributed by atoms with E-state index in [0.717, 1.165) is 24.8 Å². The van der Waals surface area contributed by atoms with Gasteiger partial charge in [0.2, 0.25) is 11.9 Å². The molecule has 23 heavy (non-hydrogen) atoms. The molecule has 2 aromatic heterocycles. The number of hydrogen-bond acceptors (Lipinski definition) is 8. The summed E-state index contributed by atoms with van der Waals surface area (Å²) >= 11 is 1.64. The Hall–Kier alpha value is -2.22. The van der Waals surface area contributed by atoms with E-state index in [2.05, 4.69) is 15.0 Å². The number of nitrogens with zero attached hydrogens (tertiary/aromatic N) is 4. The highest BCUT2D eigenvalue weighted by molar-refractivity contribution is 7.10. The fraction of sp³-hybridized carbons (Fsp3) is 0.467. The van der Waals surface area contributed by atoms with Crippen molar-refractivity contribution in [1.29, 1.82) is 0 Å². The van der Waals surface area contributed by atoms with Crippen LogP contribution in [0.1, 0.15) is 39.5 Å². The Balaban J connectivity index is 1.71. The predicted octanol–water partition coefficient (Wildman–Crippen LogP) is 1.82. The van der Waals surface area contributed by atoms with Gasteiger partial charge in [0.25, 0.3) is 0 Å². The number of nitrogens with two attached hydrogens (primary N) is 1. The Bertz CT molecular complexity index is 729. The zero-order chi connectivity index (χ0) is 16.4. The van der Waals surface area contributed by atoms with Gasteiger partial charge in [-0.1, -0.05) is 0 Å². The Morgan fingerprint density at radius 1 is 1.30 bits per heavy atom. The van der Waals surface area contributed by atoms with Crippen LogP contribution in [0.5, 0.6) is 0 Å². The van der Waals surface area contributed by atoms with E-state index < -0.39 is 0 Å². The van der Waals surface area contributed by atoms with Crippen LogP contribution < -0.4 is 10.6 Å². The Labute approximate surface area is 138 Å². The molecule has 7 nitrogen and oxygen atoms in total. The number of thiophene rings is 1. The fourth-order valence-electron chi connectivity index (χ4n) is 2.56. The first kappa shape index (κ1) is 15.7. The van der Waals surface area contributed by atoms with Crippen LogP contribution in [-0.2, 0) is 24.2 Å². The van der Waals surface area contributed by atoms with Crippen LogP contribution in [0.4, 0.5) is 11.9 Å². The standard InChI is InChI=1S/C15H19N5O2S/c1-20(2)15-18-12(17-14(16)19-15)7-22-13(21)10-8-23-11-6-4-3-5-9(10)11/h8H,3-7H2,1-2H3,(H2,16,17,18,19). The molecule has 122 valence electrons. The number of nitrogen functional groups attached to an aromatic ring is 1. The molecule has 1 aliphatic carbocycles. The van der Waals surface area contributed by atoms with E-state index in [1.54, 1.807) is 16.2 Å². The number of fused-ring (bicyclic) bond motifs is 1. The maximum Gasteiger partial charge on any atom is 0.339 e. The van der Waals surface area contributed by atoms with E-state index in [9.17, 15) is 4.79 Å². The Morgan fingerprint density at radius 3 is 2.87 bits per heavy atom. The SMILES string of the molecule is CN(C)c1nc(N)nc(COC(=O)c2csc3c2CCCC3)n1. The summed E-state index contributed by atoms with van der Waals surface area (Å²) in [7, 11) is 3.62. The van der Waals surface area contributed by atoms with Crippen LogP contribution in [-0.4, -0.2) is 35.0 Å². The van der Waals surface area contributed by atoms with Gasteiger partial charge in [-0.05, 0) is 31.2 Å². The number of anilines is 2. The number of aryl methyl sites for hydroxylation is 1. The number of rotatable bonds is 4. The third-order valence-electron chi connectivity index (χ3n) is 3.70. The summed E-state index contributed by atoms with van der Waals surface area (Å²) in [5.74, 6) is 0.576. The van der Waals surface area contributed by atoms with Crippen molar-refractivity contribution in [3.05, 3.63) is 27.2 Å². The molecule has 0 unspecified atom stereocenters. The van der Waals surface area contributed by atoms with Crippen LogP contribution in [0.3, 0.4) is 0 Å². The zero-order valence-corrected chi connectivity index (χ0v) is 14.0. The molecular formula is C15H19N5O2S. The summed E-state index contributed by atoms with van der Waals surface area (Å²) in [5, 5.41) is 1.89. The fourth-order valence-corrected chi connectivity index (χ4v) is 3.68. The smallest absolute Gasteiger partial charge is 0.339 e. The summed E-state index contributed by atoms with van der Waals surface area (Å²) in [5.41, 5.74) is 7.49. The van der Waals surface area contributed by atoms with Crippen molar-refractivity contribution in [2.75, 3.05) is 24.7 Å². The number of ether oxygens (including phenoxy) is 1. The molecule has 0 spiro atoms. The largest absolute Gasteiger partial charge is 0.454 e. The third-order valence-corrected chi connectivity index (χ3v) is 4.79. The van der Waals surface area contributed by atoms with Gasteiger partial charge in [-0.25, -0.2) is 4.79 Å². The van der Waals surface area contributed by atoms with E-state index in [4.69, 9.17) is 10.5 Å². The molecule has 0 saturated carbocycles. The zero-order valence-electron chi connectivity index (χ0n) is 13.2. The summed E-state index contributed by atoms with van der Waals surface area (Å²) in [6, 6.07) is 0. The second kappa shape index (κ2) is 6.49. The average molecular weight is 333 g/mol. The molecule has 0 aromatic carbocycles. The summed E-state index contributed by atoms with van der Waals surface area (Å²) in [4.78, 5) is 27.6. The molecule has 0 fully saturated rings. The minimum absolute atomic E-state index is 0.0169. The third kappa shape index (κ3) is 3.42. The minimum atomic E-state index is -0.324. The molecule has 0 atom stereocenters. The maximum absolute atomic E-state index is 12.3. The van der Waals surface area contributed by atoms with Crippen LogP contribution >= 0.6 is 11.3 Å². The van der Waals surface area contributed by atoms with Crippen LogP contribution in [0.25, 0.3) is 0 Å². The molecule has 8 heteroatoms. The molecule has 2 N–H and O–H groups in total. The van der Waals surface area contributed by atoms with Gasteiger partial charge < -0.3 is 15.4 Å². The topological polar surface area (TPSA) is 94.2 Å². The van der Waals surface area contributed by atoms with Crippen molar-refractivity contribution in [3.8, 4) is 0 Å². The van der Waals surface area contributed by atoms with Gasteiger partial charge in [0, 0.05) is 24.4 Å². The average Bonchev–Trinajstić information content (AvgIpc) is 2.96. The van der Waals surface area contributed by atoms with E-state index >= 15 is 0 Å². The van der Waals surface area contributed by atoms with E-state index in [0.29, 0.717) is 17.3 Å². The second-order valence-electron chi connectivity index (χ2n) is 5.64. The lowest BCUT2D eigenvalue weighted by atomic mass is 9.96. The van der Waals surface area contributed by atoms with Gasteiger partial charge >= 0.3 is 5.97 Å². The number of hydrogen-bond donors (Lipinski definition) is 1. The molecule has 2 heterocycles. The van der Waals surface area contributed by atoms with Crippen molar-refractivity contribution in [2.24, 2.45) is 0 Å². The molecule has 0 aliphatic heterocycles.